The van der Waals surface area contributed by atoms with Crippen LogP contribution in [0.5, 0.6) is 0 Å². The molecule has 0 aromatic heterocycles. The van der Waals surface area contributed by atoms with Gasteiger partial charge in [0.25, 0.3) is 5.91 Å². The van der Waals surface area contributed by atoms with Gasteiger partial charge in [-0.15, -0.1) is 0 Å². The van der Waals surface area contributed by atoms with E-state index in [2.05, 4.69) is 0 Å². The maximum absolute atomic E-state index is 12.1. The van der Waals surface area contributed by atoms with Gasteiger partial charge in [-0.25, -0.2) is 4.79 Å². The average Bonchev–Trinajstić information content (AvgIpc) is 2.38. The van der Waals surface area contributed by atoms with Crippen molar-refractivity contribution < 1.29 is 43.2 Å². The number of hydrogen-bond acceptors (Lipinski definition) is 3. The lowest BCUT2D eigenvalue weighted by Gasteiger charge is -2.28. The number of aliphatic hydroxyl groups excluding tert-OH is 1. The summed E-state index contributed by atoms with van der Waals surface area (Å²) < 4.78 is 0.0584. The minimum atomic E-state index is -0.182. The van der Waals surface area contributed by atoms with Gasteiger partial charge in [-0.1, -0.05) is 18.2 Å². The van der Waals surface area contributed by atoms with Crippen LogP contribution in [0, 0.1) is 0 Å². The second kappa shape index (κ2) is 8.33. The summed E-state index contributed by atoms with van der Waals surface area (Å²) in [5.74, 6) is -0.293. The van der Waals surface area contributed by atoms with E-state index in [4.69, 9.17) is 5.11 Å². The normalized spacial score (nSPS) is 10.6. The smallest absolute Gasteiger partial charge is 0.332 e. The third-order valence-corrected chi connectivity index (χ3v) is 3.07. The number of benzene rings is 1. The van der Waals surface area contributed by atoms with E-state index in [1.54, 1.807) is 45.4 Å². The van der Waals surface area contributed by atoms with Gasteiger partial charge in [0.2, 0.25) is 0 Å². The summed E-state index contributed by atoms with van der Waals surface area (Å²) in [6, 6.07) is 8.85. The molecule has 1 aromatic carbocycles. The van der Waals surface area contributed by atoms with E-state index < -0.39 is 0 Å². The molecule has 5 nitrogen and oxygen atoms in total. The van der Waals surface area contributed by atoms with Crippen LogP contribution in [-0.2, 0) is 4.79 Å². The highest BCUT2D eigenvalue weighted by Crippen LogP contribution is 2.05. The van der Waals surface area contributed by atoms with Gasteiger partial charge in [0.05, 0.1) is 20.7 Å². The number of amides is 2. The molecule has 20 heavy (non-hydrogen) atoms. The minimum Gasteiger partial charge on any atom is -1.00 e. The maximum atomic E-state index is 12.1. The number of nitrogens with zero attached hydrogens (tertiary/aromatic N) is 2. The van der Waals surface area contributed by atoms with E-state index in [1.807, 2.05) is 6.07 Å². The minimum absolute atomic E-state index is 0. The lowest BCUT2D eigenvalue weighted by atomic mass is 10.2. The first-order valence-corrected chi connectivity index (χ1v) is 6.16. The van der Waals surface area contributed by atoms with Crippen molar-refractivity contribution in [1.82, 2.24) is 4.90 Å². The Kier molecular flexibility index (Phi) is 7.92. The Hall–Kier alpha value is -0.990. The molecule has 0 atom stereocenters. The molecule has 112 valence electrons. The summed E-state index contributed by atoms with van der Waals surface area (Å²) in [6.07, 6.45) is 0. The number of quaternary nitrogens is 1. The standard InChI is InChI=1S/C14H21N2O3.HI/c1-15(11-13(18)16(2,3)9-10-17)14(19)12-7-5-4-6-8-12;/h4-8,17H,9-11H2,1-3H3;1H/q+1;/p-1. The highest BCUT2D eigenvalue weighted by molar-refractivity contribution is 5.95. The molecule has 6 heteroatoms. The first-order valence-electron chi connectivity index (χ1n) is 6.16. The van der Waals surface area contributed by atoms with Crippen LogP contribution in [0.1, 0.15) is 10.4 Å². The molecule has 2 amide bonds. The van der Waals surface area contributed by atoms with Crippen LogP contribution in [0.3, 0.4) is 0 Å². The fourth-order valence-corrected chi connectivity index (χ4v) is 1.64. The van der Waals surface area contributed by atoms with Gasteiger partial charge in [-0.3, -0.25) is 9.28 Å². The molecular weight excluding hydrogens is 371 g/mol. The Morgan fingerprint density at radius 1 is 1.20 bits per heavy atom. The zero-order valence-corrected chi connectivity index (χ0v) is 14.2. The van der Waals surface area contributed by atoms with Gasteiger partial charge in [-0.05, 0) is 12.1 Å². The molecule has 1 N–H and O–H groups in total. The lowest BCUT2D eigenvalue weighted by Crippen LogP contribution is -3.00. The third kappa shape index (κ3) is 5.18. The Morgan fingerprint density at radius 3 is 2.25 bits per heavy atom. The largest absolute Gasteiger partial charge is 1.00 e. The van der Waals surface area contributed by atoms with Crippen molar-refractivity contribution in [1.29, 1.82) is 0 Å². The number of aliphatic hydroxyl groups is 1. The van der Waals surface area contributed by atoms with Crippen molar-refractivity contribution in [2.45, 2.75) is 0 Å². The molecule has 0 radical (unpaired) electrons. The first kappa shape index (κ1) is 19.0. The molecule has 0 saturated heterocycles. The van der Waals surface area contributed by atoms with Crippen molar-refractivity contribution >= 4 is 11.8 Å². The van der Waals surface area contributed by atoms with Crippen LogP contribution in [0.2, 0.25) is 0 Å². The molecule has 0 saturated carbocycles. The van der Waals surface area contributed by atoms with Crippen LogP contribution in [0.4, 0.5) is 0 Å². The SMILES string of the molecule is CN(CC(=O)[N+](C)(C)CCO)C(=O)c1ccccc1.[I-]. The molecule has 0 bridgehead atoms. The molecule has 1 aromatic rings. The maximum Gasteiger partial charge on any atom is 0.332 e. The van der Waals surface area contributed by atoms with E-state index in [9.17, 15) is 9.59 Å². The molecule has 0 spiro atoms. The van der Waals surface area contributed by atoms with Crippen LogP contribution in [-0.4, -0.2) is 67.1 Å². The third-order valence-electron chi connectivity index (χ3n) is 3.07. The summed E-state index contributed by atoms with van der Waals surface area (Å²) >= 11 is 0. The van der Waals surface area contributed by atoms with E-state index in [1.165, 1.54) is 4.90 Å². The van der Waals surface area contributed by atoms with Crippen LogP contribution in [0.15, 0.2) is 30.3 Å². The second-order valence-electron chi connectivity index (χ2n) is 5.05. The van der Waals surface area contributed by atoms with Gasteiger partial charge < -0.3 is 34.0 Å². The van der Waals surface area contributed by atoms with Crippen LogP contribution in [0.25, 0.3) is 0 Å². The molecule has 0 aliphatic heterocycles. The highest BCUT2D eigenvalue weighted by Gasteiger charge is 2.28. The summed E-state index contributed by atoms with van der Waals surface area (Å²) in [7, 11) is 5.05. The first-order chi connectivity index (χ1) is 8.88. The van der Waals surface area contributed by atoms with Crippen LogP contribution >= 0.6 is 0 Å². The van der Waals surface area contributed by atoms with Gasteiger partial charge in [0, 0.05) is 12.6 Å². The van der Waals surface area contributed by atoms with Crippen molar-refractivity contribution in [2.75, 3.05) is 40.8 Å². The Labute approximate surface area is 136 Å². The highest BCUT2D eigenvalue weighted by atomic mass is 127. The lowest BCUT2D eigenvalue weighted by molar-refractivity contribution is -0.814. The number of hydrogen-bond donors (Lipinski definition) is 1. The summed E-state index contributed by atoms with van der Waals surface area (Å²) in [4.78, 5) is 25.5. The van der Waals surface area contributed by atoms with E-state index in [0.29, 0.717) is 12.1 Å². The number of rotatable bonds is 5. The predicted octanol–water partition coefficient (Wildman–Crippen LogP) is -2.64. The number of carbonyl (C=O) groups excluding carboxylic acids is 2. The fraction of sp³-hybridized carbons (Fsp3) is 0.429. The number of halogens is 1. The molecule has 0 unspecified atom stereocenters. The van der Waals surface area contributed by atoms with Crippen molar-refractivity contribution in [2.24, 2.45) is 0 Å². The molecular formula is C14H21IN2O3. The zero-order valence-electron chi connectivity index (χ0n) is 12.0. The topological polar surface area (TPSA) is 57.6 Å². The predicted molar refractivity (Wildman–Crippen MR) is 72.5 cm³/mol. The zero-order chi connectivity index (χ0) is 14.5. The summed E-state index contributed by atoms with van der Waals surface area (Å²) in [5, 5.41) is 8.92. The van der Waals surface area contributed by atoms with Gasteiger partial charge in [0.15, 0.2) is 0 Å². The van der Waals surface area contributed by atoms with Crippen molar-refractivity contribution in [3.8, 4) is 0 Å². The quantitative estimate of drug-likeness (QED) is 0.441. The van der Waals surface area contributed by atoms with Crippen LogP contribution < -0.4 is 24.0 Å². The van der Waals surface area contributed by atoms with E-state index >= 15 is 0 Å². The molecule has 0 aliphatic rings. The fourth-order valence-electron chi connectivity index (χ4n) is 1.64. The molecule has 0 aliphatic carbocycles. The Morgan fingerprint density at radius 2 is 1.75 bits per heavy atom. The van der Waals surface area contributed by atoms with Gasteiger partial charge >= 0.3 is 5.91 Å². The number of likely N-dealkylation sites (N-methyl/N-ethyl adjacent to an activating group) is 2. The molecule has 1 rings (SSSR count). The van der Waals surface area contributed by atoms with Crippen molar-refractivity contribution in [3.05, 3.63) is 35.9 Å². The molecule has 0 fully saturated rings. The van der Waals surface area contributed by atoms with Gasteiger partial charge in [-0.2, -0.15) is 0 Å². The second-order valence-corrected chi connectivity index (χ2v) is 5.05. The Bertz CT molecular complexity index is 449. The summed E-state index contributed by atoms with van der Waals surface area (Å²) in [6.45, 7) is 0.308. The van der Waals surface area contributed by atoms with E-state index in [0.717, 1.165) is 0 Å². The number of carbonyl (C=O) groups is 2. The monoisotopic (exact) mass is 392 g/mol. The van der Waals surface area contributed by atoms with Gasteiger partial charge in [0.1, 0.15) is 13.1 Å². The Balaban J connectivity index is 0.00000361. The van der Waals surface area contributed by atoms with E-state index in [-0.39, 0.29) is 53.4 Å². The molecule has 0 heterocycles. The van der Waals surface area contributed by atoms with Crippen molar-refractivity contribution in [3.63, 3.8) is 0 Å². The summed E-state index contributed by atoms with van der Waals surface area (Å²) in [5.41, 5.74) is 0.560. The average molecular weight is 392 g/mol.